The lowest BCUT2D eigenvalue weighted by Crippen LogP contribution is -2.19. The highest BCUT2D eigenvalue weighted by Gasteiger charge is 2.59. The highest BCUT2D eigenvalue weighted by atomic mass is 14.6. The molecule has 3 aliphatic rings. The van der Waals surface area contributed by atoms with Gasteiger partial charge in [0.25, 0.3) is 0 Å². The third-order valence-corrected chi connectivity index (χ3v) is 5.36. The summed E-state index contributed by atoms with van der Waals surface area (Å²) in [6.07, 6.45) is 7.78. The van der Waals surface area contributed by atoms with E-state index in [-0.39, 0.29) is 0 Å². The van der Waals surface area contributed by atoms with Crippen LogP contribution in [0.1, 0.15) is 46.0 Å². The normalized spacial score (nSPS) is 54.5. The van der Waals surface area contributed by atoms with E-state index < -0.39 is 0 Å². The van der Waals surface area contributed by atoms with Crippen LogP contribution in [0.3, 0.4) is 0 Å². The first-order valence-electron chi connectivity index (χ1n) is 5.71. The summed E-state index contributed by atoms with van der Waals surface area (Å²) in [4.78, 5) is 0. The van der Waals surface area contributed by atoms with Crippen LogP contribution in [0, 0.1) is 29.1 Å². The lowest BCUT2D eigenvalue weighted by atomic mass is 9.79. The smallest absolute Gasteiger partial charge is 0.0292 e. The van der Waals surface area contributed by atoms with Crippen molar-refractivity contribution in [3.63, 3.8) is 0 Å². The Labute approximate surface area is 75.7 Å². The van der Waals surface area contributed by atoms with Crippen molar-refractivity contribution in [1.29, 1.82) is 0 Å². The summed E-state index contributed by atoms with van der Waals surface area (Å²) in [6.45, 7) is 5.07. The molecule has 0 N–H and O–H groups in total. The summed E-state index contributed by atoms with van der Waals surface area (Å²) < 4.78 is 0. The van der Waals surface area contributed by atoms with Crippen molar-refractivity contribution in [1.82, 2.24) is 0 Å². The predicted molar refractivity (Wildman–Crippen MR) is 50.8 cm³/mol. The van der Waals surface area contributed by atoms with Crippen molar-refractivity contribution in [3.05, 3.63) is 0 Å². The first-order valence-corrected chi connectivity index (χ1v) is 5.71. The van der Waals surface area contributed by atoms with E-state index in [1.807, 2.05) is 0 Å². The molecule has 68 valence electrons. The number of hydrogen-bond acceptors (Lipinski definition) is 0. The Kier molecular flexibility index (Phi) is 1.28. The molecule has 0 aromatic rings. The molecule has 0 radical (unpaired) electrons. The Morgan fingerprint density at radius 2 is 1.33 bits per heavy atom. The highest BCUT2D eigenvalue weighted by Crippen LogP contribution is 2.67. The SMILES string of the molecule is CC1(C)[C@@H]2CC[C@H]1[C@@H]1CCC[C@H]12. The Hall–Kier alpha value is 0. The minimum atomic E-state index is 0.718. The number of hydrogen-bond donors (Lipinski definition) is 0. The molecule has 0 heterocycles. The second kappa shape index (κ2) is 2.08. The van der Waals surface area contributed by atoms with Crippen molar-refractivity contribution in [2.24, 2.45) is 29.1 Å². The molecule has 3 rings (SSSR count). The van der Waals surface area contributed by atoms with Crippen LogP contribution in [-0.4, -0.2) is 0 Å². The molecule has 0 spiro atoms. The Bertz CT molecular complexity index is 184. The maximum absolute atomic E-state index is 2.54. The topological polar surface area (TPSA) is 0 Å². The zero-order valence-corrected chi connectivity index (χ0v) is 8.34. The van der Waals surface area contributed by atoms with Gasteiger partial charge < -0.3 is 0 Å². The van der Waals surface area contributed by atoms with Gasteiger partial charge in [0.15, 0.2) is 0 Å². The van der Waals surface area contributed by atoms with Gasteiger partial charge in [-0.2, -0.15) is 0 Å². The molecule has 0 aromatic carbocycles. The fourth-order valence-electron chi connectivity index (χ4n) is 4.93. The zero-order chi connectivity index (χ0) is 8.34. The van der Waals surface area contributed by atoms with Gasteiger partial charge in [0.05, 0.1) is 0 Å². The standard InChI is InChI=1S/C12H20/c1-12(2)10-6-7-11(12)9-5-3-4-8(9)10/h8-11H,3-7H2,1-2H3/t8-,9-,10-,11+/m1/s1. The monoisotopic (exact) mass is 164 g/mol. The van der Waals surface area contributed by atoms with E-state index in [9.17, 15) is 0 Å². The molecule has 4 atom stereocenters. The number of fused-ring (bicyclic) bond motifs is 5. The van der Waals surface area contributed by atoms with Gasteiger partial charge in [0, 0.05) is 0 Å². The van der Waals surface area contributed by atoms with Crippen LogP contribution in [0.5, 0.6) is 0 Å². The minimum Gasteiger partial charge on any atom is -0.0594 e. The lowest BCUT2D eigenvalue weighted by molar-refractivity contribution is 0.226. The van der Waals surface area contributed by atoms with Crippen molar-refractivity contribution in [3.8, 4) is 0 Å². The quantitative estimate of drug-likeness (QED) is 0.514. The zero-order valence-electron chi connectivity index (χ0n) is 8.34. The Morgan fingerprint density at radius 3 is 1.83 bits per heavy atom. The van der Waals surface area contributed by atoms with Crippen molar-refractivity contribution in [2.45, 2.75) is 46.0 Å². The highest BCUT2D eigenvalue weighted by molar-refractivity contribution is 5.08. The van der Waals surface area contributed by atoms with Crippen LogP contribution in [-0.2, 0) is 0 Å². The molecule has 2 bridgehead atoms. The van der Waals surface area contributed by atoms with Crippen LogP contribution in [0.15, 0.2) is 0 Å². The summed E-state index contributed by atoms with van der Waals surface area (Å²) in [5.41, 5.74) is 0.718. The van der Waals surface area contributed by atoms with E-state index in [0.29, 0.717) is 0 Å². The van der Waals surface area contributed by atoms with Gasteiger partial charge in [-0.1, -0.05) is 20.3 Å². The van der Waals surface area contributed by atoms with Gasteiger partial charge in [-0.3, -0.25) is 0 Å². The minimum absolute atomic E-state index is 0.718. The molecule has 0 aromatic heterocycles. The van der Waals surface area contributed by atoms with Crippen LogP contribution in [0.2, 0.25) is 0 Å². The summed E-state index contributed by atoms with van der Waals surface area (Å²) >= 11 is 0. The summed E-state index contributed by atoms with van der Waals surface area (Å²) in [6, 6.07) is 0. The van der Waals surface area contributed by atoms with Crippen LogP contribution < -0.4 is 0 Å². The van der Waals surface area contributed by atoms with E-state index in [0.717, 1.165) is 29.1 Å². The second-order valence-electron chi connectivity index (χ2n) is 5.87. The van der Waals surface area contributed by atoms with Crippen molar-refractivity contribution < 1.29 is 0 Å². The predicted octanol–water partition coefficient (Wildman–Crippen LogP) is 3.47. The van der Waals surface area contributed by atoms with E-state index in [4.69, 9.17) is 0 Å². The fraction of sp³-hybridized carbons (Fsp3) is 1.00. The summed E-state index contributed by atoms with van der Waals surface area (Å²) in [5, 5.41) is 0. The van der Waals surface area contributed by atoms with E-state index in [1.54, 1.807) is 32.1 Å². The molecule has 3 aliphatic carbocycles. The van der Waals surface area contributed by atoms with Gasteiger partial charge in [-0.15, -0.1) is 0 Å². The van der Waals surface area contributed by atoms with Gasteiger partial charge in [-0.05, 0) is 54.8 Å². The average molecular weight is 164 g/mol. The Morgan fingerprint density at radius 1 is 0.833 bits per heavy atom. The Balaban J connectivity index is 1.99. The lowest BCUT2D eigenvalue weighted by Gasteiger charge is -2.26. The van der Waals surface area contributed by atoms with Crippen LogP contribution in [0.4, 0.5) is 0 Å². The van der Waals surface area contributed by atoms with Gasteiger partial charge in [0.1, 0.15) is 0 Å². The maximum Gasteiger partial charge on any atom is -0.0292 e. The number of rotatable bonds is 0. The molecule has 0 nitrogen and oxygen atoms in total. The first kappa shape index (κ1) is 7.41. The van der Waals surface area contributed by atoms with Gasteiger partial charge >= 0.3 is 0 Å². The molecule has 0 saturated heterocycles. The van der Waals surface area contributed by atoms with Gasteiger partial charge in [-0.25, -0.2) is 0 Å². The summed E-state index contributed by atoms with van der Waals surface area (Å²) in [5.74, 6) is 4.52. The molecule has 0 amide bonds. The van der Waals surface area contributed by atoms with Crippen molar-refractivity contribution in [2.75, 3.05) is 0 Å². The summed E-state index contributed by atoms with van der Waals surface area (Å²) in [7, 11) is 0. The van der Waals surface area contributed by atoms with E-state index >= 15 is 0 Å². The van der Waals surface area contributed by atoms with Crippen molar-refractivity contribution >= 4 is 0 Å². The molecular formula is C12H20. The second-order valence-corrected chi connectivity index (χ2v) is 5.87. The maximum atomic E-state index is 2.54. The van der Waals surface area contributed by atoms with E-state index in [1.165, 1.54) is 0 Å². The molecular weight excluding hydrogens is 144 g/mol. The first-order chi connectivity index (χ1) is 5.71. The fourth-order valence-corrected chi connectivity index (χ4v) is 4.93. The average Bonchev–Trinajstić information content (AvgIpc) is 2.60. The molecule has 0 heteroatoms. The molecule has 3 saturated carbocycles. The van der Waals surface area contributed by atoms with Crippen LogP contribution >= 0.6 is 0 Å². The van der Waals surface area contributed by atoms with Crippen LogP contribution in [0.25, 0.3) is 0 Å². The van der Waals surface area contributed by atoms with E-state index in [2.05, 4.69) is 13.8 Å². The molecule has 0 unspecified atom stereocenters. The third kappa shape index (κ3) is 0.661. The third-order valence-electron chi connectivity index (χ3n) is 5.36. The van der Waals surface area contributed by atoms with Gasteiger partial charge in [0.2, 0.25) is 0 Å². The molecule has 0 aliphatic heterocycles. The molecule has 12 heavy (non-hydrogen) atoms. The largest absolute Gasteiger partial charge is 0.0594 e. The molecule has 3 fully saturated rings.